The molecule has 0 aliphatic heterocycles. The SMILES string of the molecule is CC(C)OCCn1c(=S)[nH]c(=O)c2c1ccn2COC(=O)C(C)C(=O)OC(CO)CO. The van der Waals surface area contributed by atoms with Gasteiger partial charge in [-0.1, -0.05) is 0 Å². The van der Waals surface area contributed by atoms with Crippen LogP contribution in [-0.4, -0.2) is 68.3 Å². The van der Waals surface area contributed by atoms with Gasteiger partial charge in [0.15, 0.2) is 17.4 Å². The van der Waals surface area contributed by atoms with E-state index in [4.69, 9.17) is 36.6 Å². The number of esters is 2. The molecule has 0 spiro atoms. The Bertz CT molecular complexity index is 1020. The Kier molecular flexibility index (Phi) is 8.92. The fraction of sp³-hybridized carbons (Fsp3) is 0.579. The third-order valence-corrected chi connectivity index (χ3v) is 4.75. The quantitative estimate of drug-likeness (QED) is 0.247. The van der Waals surface area contributed by atoms with Crippen LogP contribution in [0.4, 0.5) is 0 Å². The molecule has 0 radical (unpaired) electrons. The first-order valence-electron chi connectivity index (χ1n) is 9.72. The molecule has 0 aliphatic carbocycles. The largest absolute Gasteiger partial charge is 0.457 e. The molecule has 0 saturated carbocycles. The van der Waals surface area contributed by atoms with Gasteiger partial charge in [0.25, 0.3) is 5.56 Å². The summed E-state index contributed by atoms with van der Waals surface area (Å²) in [6.07, 6.45) is 0.505. The molecule has 172 valence electrons. The first-order valence-corrected chi connectivity index (χ1v) is 10.1. The highest BCUT2D eigenvalue weighted by atomic mass is 32.1. The first kappa shape index (κ1) is 24.7. The predicted molar refractivity (Wildman–Crippen MR) is 112 cm³/mol. The summed E-state index contributed by atoms with van der Waals surface area (Å²) in [4.78, 5) is 39.2. The number of hydrogen-bond donors (Lipinski definition) is 3. The van der Waals surface area contributed by atoms with Crippen molar-refractivity contribution in [3.05, 3.63) is 27.4 Å². The average molecular weight is 458 g/mol. The molecule has 2 heterocycles. The van der Waals surface area contributed by atoms with Crippen molar-refractivity contribution in [3.63, 3.8) is 0 Å². The van der Waals surface area contributed by atoms with Crippen LogP contribution in [0.25, 0.3) is 11.0 Å². The van der Waals surface area contributed by atoms with E-state index in [9.17, 15) is 14.4 Å². The Morgan fingerprint density at radius 1 is 1.19 bits per heavy atom. The standard InChI is InChI=1S/C19H27N3O8S/c1-11(2)28-7-6-22-14-4-5-21(15(14)16(25)20-19(22)31)10-29-17(26)12(3)18(27)30-13(8-23)9-24/h4-5,11-13,23-24H,6-10H2,1-3H3,(H,20,25,31). The monoisotopic (exact) mass is 457 g/mol. The molecule has 2 rings (SSSR count). The Balaban J connectivity index is 2.13. The van der Waals surface area contributed by atoms with E-state index in [1.54, 1.807) is 16.8 Å². The highest BCUT2D eigenvalue weighted by Crippen LogP contribution is 2.14. The van der Waals surface area contributed by atoms with Crippen molar-refractivity contribution in [2.45, 2.75) is 46.3 Å². The van der Waals surface area contributed by atoms with Crippen molar-refractivity contribution < 1.29 is 34.0 Å². The smallest absolute Gasteiger partial charge is 0.321 e. The summed E-state index contributed by atoms with van der Waals surface area (Å²) in [7, 11) is 0. The molecule has 31 heavy (non-hydrogen) atoms. The first-order chi connectivity index (χ1) is 14.7. The van der Waals surface area contributed by atoms with Gasteiger partial charge < -0.3 is 33.6 Å². The van der Waals surface area contributed by atoms with Crippen LogP contribution in [0, 0.1) is 10.7 Å². The highest BCUT2D eigenvalue weighted by molar-refractivity contribution is 7.71. The van der Waals surface area contributed by atoms with E-state index < -0.39 is 42.7 Å². The lowest BCUT2D eigenvalue weighted by molar-refractivity contribution is -0.168. The number of hydrogen-bond acceptors (Lipinski definition) is 9. The molecule has 12 heteroatoms. The Labute approximate surface area is 183 Å². The minimum absolute atomic E-state index is 0.0511. The molecular formula is C19H27N3O8S. The summed E-state index contributed by atoms with van der Waals surface area (Å²) in [5, 5.41) is 17.9. The maximum atomic E-state index is 12.4. The van der Waals surface area contributed by atoms with Crippen LogP contribution in [0.5, 0.6) is 0 Å². The highest BCUT2D eigenvalue weighted by Gasteiger charge is 2.27. The van der Waals surface area contributed by atoms with Gasteiger partial charge in [0.1, 0.15) is 11.6 Å². The summed E-state index contributed by atoms with van der Waals surface area (Å²) < 4.78 is 18.9. The van der Waals surface area contributed by atoms with E-state index in [0.717, 1.165) is 0 Å². The van der Waals surface area contributed by atoms with E-state index in [1.165, 1.54) is 11.5 Å². The number of nitrogens with one attached hydrogen (secondary N) is 1. The van der Waals surface area contributed by atoms with E-state index in [1.807, 2.05) is 13.8 Å². The number of carbonyl (C=O) groups is 2. The maximum absolute atomic E-state index is 12.4. The molecular weight excluding hydrogens is 430 g/mol. The van der Waals surface area contributed by atoms with Gasteiger partial charge in [0.2, 0.25) is 0 Å². The van der Waals surface area contributed by atoms with Crippen LogP contribution in [0.3, 0.4) is 0 Å². The summed E-state index contributed by atoms with van der Waals surface area (Å²) >= 11 is 5.25. The second-order valence-electron chi connectivity index (χ2n) is 7.09. The third-order valence-electron chi connectivity index (χ3n) is 4.42. The second kappa shape index (κ2) is 11.2. The van der Waals surface area contributed by atoms with Gasteiger partial charge in [-0.3, -0.25) is 19.4 Å². The molecule has 2 aromatic rings. The number of aromatic nitrogens is 3. The Hall–Kier alpha value is -2.54. The molecule has 11 nitrogen and oxygen atoms in total. The molecule has 0 bridgehead atoms. The zero-order chi connectivity index (χ0) is 23.1. The van der Waals surface area contributed by atoms with Crippen molar-refractivity contribution >= 4 is 35.2 Å². The van der Waals surface area contributed by atoms with Crippen molar-refractivity contribution in [2.75, 3.05) is 19.8 Å². The van der Waals surface area contributed by atoms with Gasteiger partial charge in [-0.25, -0.2) is 0 Å². The van der Waals surface area contributed by atoms with E-state index >= 15 is 0 Å². The molecule has 2 aromatic heterocycles. The number of aliphatic hydroxyl groups is 2. The van der Waals surface area contributed by atoms with Gasteiger partial charge in [-0.15, -0.1) is 0 Å². The van der Waals surface area contributed by atoms with Crippen LogP contribution >= 0.6 is 12.2 Å². The maximum Gasteiger partial charge on any atom is 0.321 e. The number of carbonyl (C=O) groups excluding carboxylic acids is 2. The van der Waals surface area contributed by atoms with Crippen molar-refractivity contribution in [2.24, 2.45) is 5.92 Å². The van der Waals surface area contributed by atoms with E-state index in [2.05, 4.69) is 4.98 Å². The molecule has 0 aromatic carbocycles. The minimum atomic E-state index is -1.28. The summed E-state index contributed by atoms with van der Waals surface area (Å²) in [6.45, 7) is 4.47. The fourth-order valence-electron chi connectivity index (χ4n) is 2.72. The Morgan fingerprint density at radius 2 is 1.87 bits per heavy atom. The van der Waals surface area contributed by atoms with Gasteiger partial charge in [-0.05, 0) is 39.1 Å². The molecule has 3 N–H and O–H groups in total. The van der Waals surface area contributed by atoms with Crippen LogP contribution in [0.1, 0.15) is 20.8 Å². The third kappa shape index (κ3) is 6.23. The van der Waals surface area contributed by atoms with Crippen molar-refractivity contribution in [3.8, 4) is 0 Å². The number of aromatic amines is 1. The molecule has 1 unspecified atom stereocenters. The fourth-order valence-corrected chi connectivity index (χ4v) is 3.00. The molecule has 0 aliphatic rings. The van der Waals surface area contributed by atoms with E-state index in [0.29, 0.717) is 18.7 Å². The van der Waals surface area contributed by atoms with Gasteiger partial charge in [-0.2, -0.15) is 0 Å². The van der Waals surface area contributed by atoms with Crippen LogP contribution < -0.4 is 5.56 Å². The number of nitrogens with zero attached hydrogens (tertiary/aromatic N) is 2. The summed E-state index contributed by atoms with van der Waals surface area (Å²) in [5.41, 5.74) is 0.364. The van der Waals surface area contributed by atoms with Crippen molar-refractivity contribution in [1.29, 1.82) is 0 Å². The number of H-pyrrole nitrogens is 1. The molecule has 0 saturated heterocycles. The predicted octanol–water partition coefficient (Wildman–Crippen LogP) is 0.319. The lowest BCUT2D eigenvalue weighted by Gasteiger charge is -2.16. The second-order valence-corrected chi connectivity index (χ2v) is 7.47. The minimum Gasteiger partial charge on any atom is -0.457 e. The number of ether oxygens (including phenoxy) is 3. The zero-order valence-corrected chi connectivity index (χ0v) is 18.4. The lowest BCUT2D eigenvalue weighted by atomic mass is 10.2. The normalized spacial score (nSPS) is 12.5. The molecule has 0 amide bonds. The average Bonchev–Trinajstić information content (AvgIpc) is 3.15. The van der Waals surface area contributed by atoms with Crippen LogP contribution in [0.15, 0.2) is 17.1 Å². The topological polar surface area (TPSA) is 145 Å². The lowest BCUT2D eigenvalue weighted by Crippen LogP contribution is -2.32. The van der Waals surface area contributed by atoms with Gasteiger partial charge in [0, 0.05) is 12.7 Å². The Morgan fingerprint density at radius 3 is 2.48 bits per heavy atom. The summed E-state index contributed by atoms with van der Waals surface area (Å²) in [5.74, 6) is -3.10. The number of fused-ring (bicyclic) bond motifs is 1. The van der Waals surface area contributed by atoms with Gasteiger partial charge in [0.05, 0.1) is 31.4 Å². The van der Waals surface area contributed by atoms with E-state index in [-0.39, 0.29) is 23.1 Å². The zero-order valence-electron chi connectivity index (χ0n) is 17.6. The summed E-state index contributed by atoms with van der Waals surface area (Å²) in [6, 6.07) is 1.67. The van der Waals surface area contributed by atoms with Crippen LogP contribution in [0.2, 0.25) is 0 Å². The number of rotatable bonds is 11. The van der Waals surface area contributed by atoms with Crippen LogP contribution in [-0.2, 0) is 37.1 Å². The van der Waals surface area contributed by atoms with Crippen molar-refractivity contribution in [1.82, 2.24) is 14.1 Å². The van der Waals surface area contributed by atoms with Gasteiger partial charge >= 0.3 is 11.9 Å². The number of aliphatic hydroxyl groups excluding tert-OH is 2. The molecule has 1 atom stereocenters. The molecule has 0 fully saturated rings.